The molecular formula is C27H26BrClN2O5S. The Morgan fingerprint density at radius 2 is 1.86 bits per heavy atom. The monoisotopic (exact) mass is 604 g/mol. The number of halogens is 2. The van der Waals surface area contributed by atoms with Crippen LogP contribution in [0.5, 0.6) is 0 Å². The van der Waals surface area contributed by atoms with E-state index < -0.39 is 22.1 Å². The maximum atomic E-state index is 13.4. The van der Waals surface area contributed by atoms with E-state index in [-0.39, 0.29) is 27.9 Å². The second-order valence-electron chi connectivity index (χ2n) is 8.61. The number of anilines is 2. The highest BCUT2D eigenvalue weighted by atomic mass is 79.9. The van der Waals surface area contributed by atoms with Crippen molar-refractivity contribution in [3.05, 3.63) is 87.4 Å². The Labute approximate surface area is 230 Å². The number of para-hydroxylation sites is 1. The van der Waals surface area contributed by atoms with Crippen molar-refractivity contribution in [1.29, 1.82) is 0 Å². The average molecular weight is 606 g/mol. The minimum Gasteiger partial charge on any atom is -0.449 e. The smallest absolute Gasteiger partial charge is 0.340 e. The molecule has 0 aliphatic carbocycles. The molecule has 0 bridgehead atoms. The molecule has 1 atom stereocenters. The van der Waals surface area contributed by atoms with Crippen molar-refractivity contribution >= 4 is 60.8 Å². The van der Waals surface area contributed by atoms with Crippen LogP contribution in [0.1, 0.15) is 35.7 Å². The molecule has 10 heteroatoms. The zero-order valence-electron chi connectivity index (χ0n) is 20.4. The van der Waals surface area contributed by atoms with Crippen molar-refractivity contribution in [2.75, 3.05) is 22.3 Å². The number of piperidine rings is 1. The zero-order chi connectivity index (χ0) is 26.7. The first-order valence-electron chi connectivity index (χ1n) is 11.8. The number of amides is 1. The first-order chi connectivity index (χ1) is 17.6. The van der Waals surface area contributed by atoms with Crippen LogP contribution in [0, 0.1) is 6.92 Å². The second-order valence-corrected chi connectivity index (χ2v) is 11.7. The summed E-state index contributed by atoms with van der Waals surface area (Å²) in [6.07, 6.45) is 0.00538. The number of carbonyl (C=O) groups excluding carboxylic acids is 2. The Kier molecular flexibility index (Phi) is 8.26. The van der Waals surface area contributed by atoms with E-state index in [2.05, 4.69) is 15.9 Å². The number of hydrogen-bond donors (Lipinski definition) is 0. The number of aryl methyl sites for hydroxylation is 1. The van der Waals surface area contributed by atoms with Gasteiger partial charge in [-0.3, -0.25) is 9.10 Å². The molecule has 1 fully saturated rings. The van der Waals surface area contributed by atoms with Gasteiger partial charge in [0.2, 0.25) is 0 Å². The summed E-state index contributed by atoms with van der Waals surface area (Å²) >= 11 is 9.73. The van der Waals surface area contributed by atoms with Crippen LogP contribution < -0.4 is 9.21 Å². The van der Waals surface area contributed by atoms with Crippen LogP contribution in [0.25, 0.3) is 0 Å². The summed E-state index contributed by atoms with van der Waals surface area (Å²) in [7, 11) is -3.99. The van der Waals surface area contributed by atoms with Crippen LogP contribution in [0.4, 0.5) is 11.4 Å². The van der Waals surface area contributed by atoms with Crippen molar-refractivity contribution in [3.8, 4) is 0 Å². The molecule has 7 nitrogen and oxygen atoms in total. The lowest BCUT2D eigenvalue weighted by molar-refractivity contribution is -0.129. The Morgan fingerprint density at radius 3 is 2.54 bits per heavy atom. The lowest BCUT2D eigenvalue weighted by Crippen LogP contribution is -2.46. The van der Waals surface area contributed by atoms with E-state index in [1.165, 1.54) is 22.5 Å². The van der Waals surface area contributed by atoms with Gasteiger partial charge in [0.25, 0.3) is 15.9 Å². The number of esters is 1. The van der Waals surface area contributed by atoms with Gasteiger partial charge in [0.1, 0.15) is 0 Å². The second kappa shape index (κ2) is 11.2. The minimum atomic E-state index is -3.99. The first-order valence-corrected chi connectivity index (χ1v) is 14.4. The fourth-order valence-electron chi connectivity index (χ4n) is 4.23. The molecule has 3 aromatic rings. The van der Waals surface area contributed by atoms with Gasteiger partial charge in [-0.15, -0.1) is 0 Å². The molecule has 1 aliphatic heterocycles. The molecule has 0 aromatic heterocycles. The topological polar surface area (TPSA) is 84.0 Å². The van der Waals surface area contributed by atoms with Crippen molar-refractivity contribution < 1.29 is 22.7 Å². The number of ether oxygens (including phenoxy) is 1. The minimum absolute atomic E-state index is 0.0374. The summed E-state index contributed by atoms with van der Waals surface area (Å²) in [5, 5.41) is 0.0374. The number of hydrogen-bond acceptors (Lipinski definition) is 5. The van der Waals surface area contributed by atoms with Gasteiger partial charge in [0.05, 0.1) is 21.2 Å². The van der Waals surface area contributed by atoms with E-state index in [0.29, 0.717) is 25.1 Å². The molecular weight excluding hydrogens is 580 g/mol. The zero-order valence-corrected chi connectivity index (χ0v) is 23.5. The molecule has 0 radical (unpaired) electrons. The lowest BCUT2D eigenvalue weighted by Gasteiger charge is -2.32. The highest BCUT2D eigenvalue weighted by Gasteiger charge is 2.34. The highest BCUT2D eigenvalue weighted by Crippen LogP contribution is 2.30. The fourth-order valence-corrected chi connectivity index (χ4v) is 6.17. The summed E-state index contributed by atoms with van der Waals surface area (Å²) in [5.74, 6) is -1.18. The SMILES string of the molecule is CCN(c1ccccc1)S(=O)(=O)c1ccc(Cl)c(C(=O)OC2CCCN(c3ccc(Br)c(C)c3)C2=O)c1. The van der Waals surface area contributed by atoms with Crippen molar-refractivity contribution in [3.63, 3.8) is 0 Å². The molecule has 1 heterocycles. The van der Waals surface area contributed by atoms with Gasteiger partial charge in [-0.05, 0) is 80.8 Å². The van der Waals surface area contributed by atoms with Gasteiger partial charge in [0, 0.05) is 23.2 Å². The number of sulfonamides is 1. The summed E-state index contributed by atoms with van der Waals surface area (Å²) in [6, 6.07) is 18.2. The molecule has 1 aliphatic rings. The lowest BCUT2D eigenvalue weighted by atomic mass is 10.1. The molecule has 1 saturated heterocycles. The van der Waals surface area contributed by atoms with Crippen LogP contribution in [-0.2, 0) is 19.6 Å². The van der Waals surface area contributed by atoms with Gasteiger partial charge in [0.15, 0.2) is 6.10 Å². The normalized spacial score (nSPS) is 15.9. The van der Waals surface area contributed by atoms with Gasteiger partial charge < -0.3 is 9.64 Å². The summed E-state index contributed by atoms with van der Waals surface area (Å²) in [4.78, 5) is 27.8. The van der Waals surface area contributed by atoms with Crippen molar-refractivity contribution in [1.82, 2.24) is 0 Å². The molecule has 0 saturated carbocycles. The maximum absolute atomic E-state index is 13.4. The standard InChI is InChI=1S/C27H26BrClN2O5S/c1-3-31(19-8-5-4-6-9-19)37(34,35)21-12-14-24(29)22(17-21)27(33)36-25-10-7-15-30(26(25)32)20-11-13-23(28)18(2)16-20/h4-6,8-9,11-14,16-17,25H,3,7,10,15H2,1-2H3. The van der Waals surface area contributed by atoms with Crippen LogP contribution >= 0.6 is 27.5 Å². The summed E-state index contributed by atoms with van der Waals surface area (Å²) in [6.45, 7) is 4.36. The Morgan fingerprint density at radius 1 is 1.14 bits per heavy atom. The number of carbonyl (C=O) groups is 2. The molecule has 194 valence electrons. The Balaban J connectivity index is 1.57. The van der Waals surface area contributed by atoms with E-state index >= 15 is 0 Å². The maximum Gasteiger partial charge on any atom is 0.340 e. The Bertz CT molecular complexity index is 1430. The third-order valence-corrected chi connectivity index (χ3v) is 9.29. The molecule has 0 N–H and O–H groups in total. The van der Waals surface area contributed by atoms with Crippen LogP contribution in [0.2, 0.25) is 5.02 Å². The molecule has 4 rings (SSSR count). The van der Waals surface area contributed by atoms with Crippen LogP contribution in [0.15, 0.2) is 76.1 Å². The van der Waals surface area contributed by atoms with Crippen molar-refractivity contribution in [2.45, 2.75) is 37.7 Å². The van der Waals surface area contributed by atoms with Crippen LogP contribution in [-0.4, -0.2) is 39.5 Å². The summed E-state index contributed by atoms with van der Waals surface area (Å²) < 4.78 is 34.6. The Hall–Kier alpha value is -2.88. The molecule has 1 unspecified atom stereocenters. The van der Waals surface area contributed by atoms with Crippen LogP contribution in [0.3, 0.4) is 0 Å². The predicted octanol–water partition coefficient (Wildman–Crippen LogP) is 5.98. The fraction of sp³-hybridized carbons (Fsp3) is 0.259. The molecule has 0 spiro atoms. The first kappa shape index (κ1) is 27.2. The van der Waals surface area contributed by atoms with Crippen molar-refractivity contribution in [2.24, 2.45) is 0 Å². The molecule has 37 heavy (non-hydrogen) atoms. The van der Waals surface area contributed by atoms with Gasteiger partial charge in [-0.1, -0.05) is 45.7 Å². The third-order valence-electron chi connectivity index (χ3n) is 6.17. The number of benzene rings is 3. The number of rotatable bonds is 7. The van der Waals surface area contributed by atoms with Gasteiger partial charge in [-0.25, -0.2) is 13.2 Å². The average Bonchev–Trinajstić information content (AvgIpc) is 2.88. The van der Waals surface area contributed by atoms with E-state index in [0.717, 1.165) is 15.7 Å². The van der Waals surface area contributed by atoms with Gasteiger partial charge >= 0.3 is 5.97 Å². The predicted molar refractivity (Wildman–Crippen MR) is 148 cm³/mol. The molecule has 1 amide bonds. The van der Waals surface area contributed by atoms with Gasteiger partial charge in [-0.2, -0.15) is 0 Å². The van der Waals surface area contributed by atoms with E-state index in [9.17, 15) is 18.0 Å². The molecule has 3 aromatic carbocycles. The quantitative estimate of drug-likeness (QED) is 0.310. The largest absolute Gasteiger partial charge is 0.449 e. The highest BCUT2D eigenvalue weighted by molar-refractivity contribution is 9.10. The summed E-state index contributed by atoms with van der Waals surface area (Å²) in [5.41, 5.74) is 2.08. The van der Waals surface area contributed by atoms with E-state index in [1.807, 2.05) is 25.1 Å². The van der Waals surface area contributed by atoms with E-state index in [4.69, 9.17) is 16.3 Å². The van der Waals surface area contributed by atoms with E-state index in [1.54, 1.807) is 42.2 Å². The number of nitrogens with zero attached hydrogens (tertiary/aromatic N) is 2. The third kappa shape index (κ3) is 5.68.